The van der Waals surface area contributed by atoms with Gasteiger partial charge in [0.1, 0.15) is 23.0 Å². The number of nitrogens with zero attached hydrogens (tertiary/aromatic N) is 3. The molecule has 4 aromatic carbocycles. The number of carboxylic acid groups (broad SMARTS) is 1. The van der Waals surface area contributed by atoms with E-state index in [2.05, 4.69) is 147 Å². The van der Waals surface area contributed by atoms with Crippen molar-refractivity contribution < 1.29 is 42.0 Å². The molecular weight excluding hydrogens is 1070 g/mol. The van der Waals surface area contributed by atoms with Crippen molar-refractivity contribution in [3.8, 4) is 23.0 Å². The number of carboxylic acids is 1. The minimum absolute atomic E-state index is 0.0911. The second-order valence-electron chi connectivity index (χ2n) is 25.9. The Bertz CT molecular complexity index is 2750. The van der Waals surface area contributed by atoms with Gasteiger partial charge >= 0.3 is 12.1 Å². The molecule has 8 bridgehead atoms. The van der Waals surface area contributed by atoms with E-state index in [0.29, 0.717) is 78.3 Å². The molecule has 0 heterocycles. The highest BCUT2D eigenvalue weighted by Gasteiger charge is 2.38. The van der Waals surface area contributed by atoms with Crippen molar-refractivity contribution in [2.24, 2.45) is 55.1 Å². The van der Waals surface area contributed by atoms with Crippen LogP contribution in [0, 0.1) is 0 Å². The van der Waals surface area contributed by atoms with Crippen LogP contribution in [0.3, 0.4) is 0 Å². The number of hydrogen-bond acceptors (Lipinski definition) is 9. The lowest BCUT2D eigenvalue weighted by Crippen LogP contribution is -2.23. The summed E-state index contributed by atoms with van der Waals surface area (Å²) in [5.41, 5.74) is 53.3. The van der Waals surface area contributed by atoms with E-state index in [9.17, 15) is 13.2 Å². The molecule has 84 heavy (non-hydrogen) atoms. The SMILES string of the molecule is CC(C)(C)c1cc2c(OCCCCN)c(c1)Cc1cc(C(C)(C)C)cc(c1OCCCCN=C(N)N)Cc1cc(C(C)(C)C)cc(c1OCCCCN=C(N)N)Cc1cc(C(C)(C)C)cc(c1OCCCCN=C(N)N)C2.O=C(O)C(F)(F)F. The molecule has 19 heteroatoms. The Hall–Kier alpha value is -6.89. The molecule has 0 aromatic heterocycles. The minimum Gasteiger partial charge on any atom is -0.493 e. The number of aliphatic imine (C=N–C) groups is 3. The number of benzene rings is 4. The third kappa shape index (κ3) is 22.3. The van der Waals surface area contributed by atoms with Crippen molar-refractivity contribution in [2.45, 2.75) is 188 Å². The Morgan fingerprint density at radius 1 is 0.405 bits per heavy atom. The molecule has 0 atom stereocenters. The average molecular weight is 1170 g/mol. The molecule has 0 fully saturated rings. The fourth-order valence-electron chi connectivity index (χ4n) is 9.57. The van der Waals surface area contributed by atoms with Crippen molar-refractivity contribution in [1.82, 2.24) is 0 Å². The zero-order valence-electron chi connectivity index (χ0n) is 52.3. The summed E-state index contributed by atoms with van der Waals surface area (Å²) in [5.74, 6) is 1.05. The molecule has 1 aliphatic rings. The number of fused-ring (bicyclic) bond motifs is 8. The van der Waals surface area contributed by atoms with Gasteiger partial charge in [0.15, 0.2) is 17.9 Å². The highest BCUT2D eigenvalue weighted by Crippen LogP contribution is 2.45. The first-order valence-corrected chi connectivity index (χ1v) is 29.4. The van der Waals surface area contributed by atoms with Crippen molar-refractivity contribution in [2.75, 3.05) is 52.6 Å². The van der Waals surface area contributed by atoms with Crippen LogP contribution in [0.1, 0.15) is 201 Å². The smallest absolute Gasteiger partial charge is 0.490 e. The maximum Gasteiger partial charge on any atom is 0.490 e. The predicted molar refractivity (Wildman–Crippen MR) is 335 cm³/mol. The van der Waals surface area contributed by atoms with E-state index in [1.807, 2.05) is 0 Å². The van der Waals surface area contributed by atoms with Crippen molar-refractivity contribution in [3.63, 3.8) is 0 Å². The molecule has 0 radical (unpaired) electrons. The summed E-state index contributed by atoms with van der Waals surface area (Å²) < 4.78 is 60.3. The quantitative estimate of drug-likeness (QED) is 0.0172. The first-order valence-electron chi connectivity index (χ1n) is 29.4. The highest BCUT2D eigenvalue weighted by molar-refractivity contribution is 5.76. The van der Waals surface area contributed by atoms with E-state index in [-0.39, 0.29) is 39.5 Å². The summed E-state index contributed by atoms with van der Waals surface area (Å²) in [6, 6.07) is 18.9. The summed E-state index contributed by atoms with van der Waals surface area (Å²) >= 11 is 0. The third-order valence-corrected chi connectivity index (χ3v) is 14.3. The first kappa shape index (κ1) is 69.6. The van der Waals surface area contributed by atoms with E-state index in [1.54, 1.807) is 0 Å². The monoisotopic (exact) mass is 1170 g/mol. The van der Waals surface area contributed by atoms with Gasteiger partial charge in [-0.2, -0.15) is 13.2 Å². The predicted octanol–water partition coefficient (Wildman–Crippen LogP) is 10.6. The Morgan fingerprint density at radius 2 is 0.595 bits per heavy atom. The molecule has 466 valence electrons. The van der Waals surface area contributed by atoms with Gasteiger partial charge in [0, 0.05) is 45.3 Å². The maximum atomic E-state index is 10.6. The summed E-state index contributed by atoms with van der Waals surface area (Å²) in [7, 11) is 0. The second kappa shape index (κ2) is 30.8. The highest BCUT2D eigenvalue weighted by atomic mass is 19.4. The van der Waals surface area contributed by atoms with E-state index >= 15 is 0 Å². The Balaban J connectivity index is 0.00000203. The summed E-state index contributed by atoms with van der Waals surface area (Å²) in [5, 5.41) is 7.12. The number of nitrogens with two attached hydrogens (primary N) is 7. The fourth-order valence-corrected chi connectivity index (χ4v) is 9.57. The zero-order valence-corrected chi connectivity index (χ0v) is 52.3. The van der Waals surface area contributed by atoms with Crippen LogP contribution in [-0.2, 0) is 52.1 Å². The largest absolute Gasteiger partial charge is 0.493 e. The molecule has 0 saturated carbocycles. The van der Waals surface area contributed by atoms with Crippen molar-refractivity contribution in [3.05, 3.63) is 115 Å². The van der Waals surface area contributed by atoms with E-state index in [0.717, 1.165) is 119 Å². The van der Waals surface area contributed by atoms with Gasteiger partial charge in [0.25, 0.3) is 0 Å². The standard InChI is InChI=1S/C63H98N10O4.C2HF3O2/c1-60(2,3)49-33-41-29-43-35-50(61(4,5)6)37-45(54(43)75-26-18-14-22-71-57(65)66)31-47-39-52(63(10,11)12)40-48(56(47)77-28-20-16-24-73-59(69)70)32-46-38-51(62(7,8)9)36-44(55(46)76-27-19-15-23-72-58(67)68)30-42(34-49)53(41)74-25-17-13-21-64;3-2(4,5)1(6)7/h33-40H,13-32,64H2,1-12H3,(H4,65,66,71)(H4,67,68,72)(H4,69,70,73);(H,6,7). The number of aliphatic carboxylic acids is 1. The number of carbonyl (C=O) groups is 1. The lowest BCUT2D eigenvalue weighted by molar-refractivity contribution is -0.192. The van der Waals surface area contributed by atoms with Crippen molar-refractivity contribution >= 4 is 23.8 Å². The number of guanidine groups is 3. The van der Waals surface area contributed by atoms with Crippen molar-refractivity contribution in [1.29, 1.82) is 0 Å². The van der Waals surface area contributed by atoms with Crippen LogP contribution >= 0.6 is 0 Å². The molecule has 5 rings (SSSR count). The topological polar surface area (TPSA) is 293 Å². The molecular formula is C65H99F3N10O6. The van der Waals surface area contributed by atoms with Gasteiger partial charge in [-0.25, -0.2) is 4.79 Å². The zero-order chi connectivity index (χ0) is 62.8. The van der Waals surface area contributed by atoms with E-state index in [4.69, 9.17) is 69.0 Å². The molecule has 16 nitrogen and oxygen atoms in total. The van der Waals surface area contributed by atoms with Crippen LogP contribution in [0.2, 0.25) is 0 Å². The molecule has 0 unspecified atom stereocenters. The van der Waals surface area contributed by atoms with Crippen LogP contribution in [0.25, 0.3) is 0 Å². The molecule has 0 aliphatic heterocycles. The summed E-state index contributed by atoms with van der Waals surface area (Å²) in [6.07, 6.45) is 3.49. The van der Waals surface area contributed by atoms with Crippen LogP contribution < -0.4 is 59.1 Å². The Labute approximate surface area is 498 Å². The van der Waals surface area contributed by atoms with Crippen LogP contribution in [-0.4, -0.2) is 87.7 Å². The fraction of sp³-hybridized carbons (Fsp3) is 0.569. The number of unbranched alkanes of at least 4 members (excludes halogenated alkanes) is 4. The number of alkyl halides is 3. The van der Waals surface area contributed by atoms with Gasteiger partial charge in [-0.3, -0.25) is 15.0 Å². The third-order valence-electron chi connectivity index (χ3n) is 14.3. The number of rotatable bonds is 23. The Morgan fingerprint density at radius 3 is 0.750 bits per heavy atom. The van der Waals surface area contributed by atoms with Gasteiger partial charge in [-0.05, 0) is 146 Å². The number of hydrogen-bond donors (Lipinski definition) is 8. The van der Waals surface area contributed by atoms with Crippen LogP contribution in [0.5, 0.6) is 23.0 Å². The second-order valence-corrected chi connectivity index (χ2v) is 25.9. The van der Waals surface area contributed by atoms with Gasteiger partial charge < -0.3 is 64.2 Å². The van der Waals surface area contributed by atoms with Gasteiger partial charge in [0.2, 0.25) is 0 Å². The maximum absolute atomic E-state index is 10.6. The van der Waals surface area contributed by atoms with Gasteiger partial charge in [-0.1, -0.05) is 132 Å². The minimum atomic E-state index is -5.08. The summed E-state index contributed by atoms with van der Waals surface area (Å²) in [6.45, 7) is 31.6. The Kier molecular flexibility index (Phi) is 25.5. The number of ether oxygens (including phenoxy) is 4. The number of halogens is 3. The molecule has 0 saturated heterocycles. The molecule has 15 N–H and O–H groups in total. The molecule has 1 aliphatic carbocycles. The van der Waals surface area contributed by atoms with Crippen LogP contribution in [0.4, 0.5) is 13.2 Å². The van der Waals surface area contributed by atoms with E-state index in [1.165, 1.54) is 22.3 Å². The first-order chi connectivity index (χ1) is 39.1. The van der Waals surface area contributed by atoms with Crippen LogP contribution in [0.15, 0.2) is 63.5 Å². The molecule has 0 spiro atoms. The van der Waals surface area contributed by atoms with E-state index < -0.39 is 12.1 Å². The normalized spacial score (nSPS) is 12.8. The molecule has 4 aromatic rings. The molecule has 0 amide bonds. The lowest BCUT2D eigenvalue weighted by atomic mass is 9.79. The lowest BCUT2D eigenvalue weighted by Gasteiger charge is -2.29. The average Bonchev–Trinajstić information content (AvgIpc) is 2.42. The van der Waals surface area contributed by atoms with Gasteiger partial charge in [0.05, 0.1) is 26.4 Å². The summed E-state index contributed by atoms with van der Waals surface area (Å²) in [4.78, 5) is 21.7. The van der Waals surface area contributed by atoms with Gasteiger partial charge in [-0.15, -0.1) is 0 Å².